The Hall–Kier alpha value is -2.63. The van der Waals surface area contributed by atoms with Crippen LogP contribution in [0.4, 0.5) is 0 Å². The summed E-state index contributed by atoms with van der Waals surface area (Å²) in [7, 11) is 0. The van der Waals surface area contributed by atoms with Gasteiger partial charge in [0.15, 0.2) is 6.10 Å². The third kappa shape index (κ3) is 60.2. The molecular weight excluding hydrogens is 913 g/mol. The Labute approximate surface area is 460 Å². The number of unbranched alkanes of at least 4 members (excludes halogenated alkanes) is 41. The van der Waals surface area contributed by atoms with Gasteiger partial charge in [-0.25, -0.2) is 0 Å². The van der Waals surface area contributed by atoms with Gasteiger partial charge in [-0.15, -0.1) is 0 Å². The van der Waals surface area contributed by atoms with Gasteiger partial charge < -0.3 is 14.2 Å². The normalized spacial score (nSPS) is 12.3. The van der Waals surface area contributed by atoms with E-state index in [-0.39, 0.29) is 31.1 Å². The third-order valence-electron chi connectivity index (χ3n) is 14.6. The fourth-order valence-corrected chi connectivity index (χ4v) is 9.61. The highest BCUT2D eigenvalue weighted by atomic mass is 16.6. The van der Waals surface area contributed by atoms with Crippen LogP contribution in [-0.4, -0.2) is 37.2 Å². The van der Waals surface area contributed by atoms with Gasteiger partial charge in [-0.1, -0.05) is 301 Å². The van der Waals surface area contributed by atoms with Gasteiger partial charge in [0.05, 0.1) is 0 Å². The molecule has 0 N–H and O–H groups in total. The van der Waals surface area contributed by atoms with Crippen LogP contribution in [0.3, 0.4) is 0 Å². The number of hydrogen-bond acceptors (Lipinski definition) is 6. The van der Waals surface area contributed by atoms with Crippen LogP contribution >= 0.6 is 0 Å². The molecule has 0 aromatic heterocycles. The first-order valence-electron chi connectivity index (χ1n) is 32.6. The number of ether oxygens (including phenoxy) is 3. The Morgan fingerprint density at radius 3 is 0.797 bits per heavy atom. The molecule has 432 valence electrons. The minimum absolute atomic E-state index is 0.0802. The van der Waals surface area contributed by atoms with Gasteiger partial charge in [-0.3, -0.25) is 14.4 Å². The molecule has 0 amide bonds. The summed E-state index contributed by atoms with van der Waals surface area (Å²) in [6.07, 6.45) is 78.4. The fourth-order valence-electron chi connectivity index (χ4n) is 9.61. The maximum atomic E-state index is 12.9. The molecule has 0 heterocycles. The lowest BCUT2D eigenvalue weighted by Gasteiger charge is -2.18. The number of esters is 3. The molecule has 0 spiro atoms. The third-order valence-corrected chi connectivity index (χ3v) is 14.6. The Kier molecular flexibility index (Phi) is 60.7. The molecule has 0 aliphatic heterocycles. The zero-order valence-corrected chi connectivity index (χ0v) is 49.6. The number of hydrogen-bond donors (Lipinski definition) is 0. The predicted molar refractivity (Wildman–Crippen MR) is 321 cm³/mol. The van der Waals surface area contributed by atoms with Crippen LogP contribution in [0.15, 0.2) is 48.6 Å². The van der Waals surface area contributed by atoms with E-state index in [9.17, 15) is 14.4 Å². The topological polar surface area (TPSA) is 78.9 Å². The van der Waals surface area contributed by atoms with E-state index in [1.165, 1.54) is 205 Å². The maximum Gasteiger partial charge on any atom is 0.306 e. The summed E-state index contributed by atoms with van der Waals surface area (Å²) < 4.78 is 16.9. The van der Waals surface area contributed by atoms with E-state index < -0.39 is 6.10 Å². The highest BCUT2D eigenvalue weighted by Gasteiger charge is 2.19. The molecule has 1 atom stereocenters. The van der Waals surface area contributed by atoms with Crippen molar-refractivity contribution in [3.63, 3.8) is 0 Å². The first kappa shape index (κ1) is 71.4. The molecule has 6 heteroatoms. The second-order valence-electron chi connectivity index (χ2n) is 22.0. The lowest BCUT2D eigenvalue weighted by Crippen LogP contribution is -2.30. The zero-order chi connectivity index (χ0) is 53.6. The van der Waals surface area contributed by atoms with E-state index in [4.69, 9.17) is 14.2 Å². The molecule has 0 saturated carbocycles. The molecule has 0 fully saturated rings. The molecule has 0 aromatic rings. The van der Waals surface area contributed by atoms with Gasteiger partial charge >= 0.3 is 17.9 Å². The van der Waals surface area contributed by atoms with E-state index in [0.717, 1.165) is 103 Å². The van der Waals surface area contributed by atoms with Crippen LogP contribution in [0.5, 0.6) is 0 Å². The summed E-state index contributed by atoms with van der Waals surface area (Å²) in [6, 6.07) is 0. The summed E-state index contributed by atoms with van der Waals surface area (Å²) in [6.45, 7) is 6.61. The van der Waals surface area contributed by atoms with Crippen molar-refractivity contribution in [1.82, 2.24) is 0 Å². The monoisotopic (exact) mass is 1040 g/mol. The molecule has 0 radical (unpaired) electrons. The van der Waals surface area contributed by atoms with Gasteiger partial charge in [-0.05, 0) is 77.0 Å². The Morgan fingerprint density at radius 1 is 0.270 bits per heavy atom. The van der Waals surface area contributed by atoms with E-state index in [1.807, 2.05) is 0 Å². The van der Waals surface area contributed by atoms with Crippen molar-refractivity contribution in [2.75, 3.05) is 13.2 Å². The molecule has 1 unspecified atom stereocenters. The summed E-state index contributed by atoms with van der Waals surface area (Å²) >= 11 is 0. The molecule has 74 heavy (non-hydrogen) atoms. The van der Waals surface area contributed by atoms with Gasteiger partial charge in [0, 0.05) is 19.3 Å². The fraction of sp³-hybridized carbons (Fsp3) is 0.838. The van der Waals surface area contributed by atoms with Crippen LogP contribution in [0, 0.1) is 0 Å². The van der Waals surface area contributed by atoms with Crippen LogP contribution in [0.25, 0.3) is 0 Å². The van der Waals surface area contributed by atoms with Gasteiger partial charge in [0.2, 0.25) is 0 Å². The van der Waals surface area contributed by atoms with E-state index in [0.29, 0.717) is 19.3 Å². The van der Waals surface area contributed by atoms with Crippen molar-refractivity contribution in [1.29, 1.82) is 0 Å². The zero-order valence-electron chi connectivity index (χ0n) is 49.6. The second-order valence-corrected chi connectivity index (χ2v) is 22.0. The van der Waals surface area contributed by atoms with Crippen molar-refractivity contribution in [3.8, 4) is 0 Å². The van der Waals surface area contributed by atoms with E-state index >= 15 is 0 Å². The first-order valence-corrected chi connectivity index (χ1v) is 32.6. The number of rotatable bonds is 60. The average molecular weight is 1040 g/mol. The summed E-state index contributed by atoms with van der Waals surface area (Å²) in [5.74, 6) is -0.889. The van der Waals surface area contributed by atoms with Crippen molar-refractivity contribution in [3.05, 3.63) is 48.6 Å². The molecule has 0 bridgehead atoms. The highest BCUT2D eigenvalue weighted by Crippen LogP contribution is 2.18. The SMILES string of the molecule is CCCC/C=C\C/C=C\CCCCCCCC(=O)OCC(COC(=O)CCCCCCCCCCCCCCCCCCCCCCCCCCCC)OC(=O)CCCCCCC/C=C\C/C=C\CCCCCC. The molecule has 0 aliphatic rings. The minimum Gasteiger partial charge on any atom is -0.462 e. The van der Waals surface area contributed by atoms with Crippen molar-refractivity contribution < 1.29 is 28.6 Å². The van der Waals surface area contributed by atoms with E-state index in [1.54, 1.807) is 0 Å². The molecule has 0 rings (SSSR count). The van der Waals surface area contributed by atoms with E-state index in [2.05, 4.69) is 69.4 Å². The molecule has 0 aromatic carbocycles. The minimum atomic E-state index is -0.785. The smallest absolute Gasteiger partial charge is 0.306 e. The quantitative estimate of drug-likeness (QED) is 0.0261. The van der Waals surface area contributed by atoms with Crippen molar-refractivity contribution in [2.45, 2.75) is 354 Å². The summed E-state index contributed by atoms with van der Waals surface area (Å²) in [4.78, 5) is 38.3. The van der Waals surface area contributed by atoms with Gasteiger partial charge in [0.25, 0.3) is 0 Å². The first-order chi connectivity index (χ1) is 36.5. The second kappa shape index (κ2) is 62.9. The largest absolute Gasteiger partial charge is 0.462 e. The maximum absolute atomic E-state index is 12.9. The van der Waals surface area contributed by atoms with Crippen molar-refractivity contribution in [2.24, 2.45) is 0 Å². The molecule has 0 saturated heterocycles. The Morgan fingerprint density at radius 2 is 0.500 bits per heavy atom. The Bertz CT molecular complexity index is 1280. The van der Waals surface area contributed by atoms with Gasteiger partial charge in [0.1, 0.15) is 13.2 Å². The van der Waals surface area contributed by atoms with Crippen LogP contribution in [0.1, 0.15) is 348 Å². The van der Waals surface area contributed by atoms with Crippen molar-refractivity contribution >= 4 is 17.9 Å². The number of allylic oxidation sites excluding steroid dienone is 8. The molecule has 0 aliphatic carbocycles. The summed E-state index contributed by atoms with van der Waals surface area (Å²) in [5.41, 5.74) is 0. The average Bonchev–Trinajstić information content (AvgIpc) is 3.40. The van der Waals surface area contributed by atoms with Gasteiger partial charge in [-0.2, -0.15) is 0 Å². The highest BCUT2D eigenvalue weighted by molar-refractivity contribution is 5.71. The predicted octanol–water partition coefficient (Wildman–Crippen LogP) is 22.2. The Balaban J connectivity index is 4.25. The lowest BCUT2D eigenvalue weighted by molar-refractivity contribution is -0.167. The summed E-state index contributed by atoms with van der Waals surface area (Å²) in [5, 5.41) is 0. The number of carbonyl (C=O) groups is 3. The molecular formula is C68H124O6. The van der Waals surface area contributed by atoms with Crippen LogP contribution < -0.4 is 0 Å². The molecule has 6 nitrogen and oxygen atoms in total. The standard InChI is InChI=1S/C68H124O6/c1-4-7-10-13-16-19-22-25-28-30-31-32-33-34-35-36-37-38-39-41-43-46-49-52-55-58-61-67(70)73-64-65(63-72-66(69)60-57-54-51-48-45-42-27-24-21-18-15-12-9-6-3)74-68(71)62-59-56-53-50-47-44-40-29-26-23-20-17-14-11-8-5-2/h15,18,20,23-24,27,29,40,65H,4-14,16-17,19,21-22,25-26,28,30-39,41-64H2,1-3H3/b18-15-,23-20-,27-24-,40-29-. The number of carbonyl (C=O) groups excluding carboxylic acids is 3. The lowest BCUT2D eigenvalue weighted by atomic mass is 10.0. The van der Waals surface area contributed by atoms with Crippen LogP contribution in [0.2, 0.25) is 0 Å². The van der Waals surface area contributed by atoms with Crippen LogP contribution in [-0.2, 0) is 28.6 Å².